The second-order valence-corrected chi connectivity index (χ2v) is 6.55. The Morgan fingerprint density at radius 1 is 1.36 bits per heavy atom. The Bertz CT molecular complexity index is 606. The minimum atomic E-state index is -0.329. The van der Waals surface area contributed by atoms with E-state index in [0.717, 1.165) is 19.6 Å². The molecule has 0 radical (unpaired) electrons. The Balaban J connectivity index is 1.49. The molecule has 1 aromatic heterocycles. The molecule has 5 atom stereocenters. The first kappa shape index (κ1) is 13.8. The van der Waals surface area contributed by atoms with Crippen LogP contribution in [-0.4, -0.2) is 42.4 Å². The van der Waals surface area contributed by atoms with E-state index in [1.807, 2.05) is 0 Å². The maximum absolute atomic E-state index is 12.4. The van der Waals surface area contributed by atoms with Gasteiger partial charge in [-0.3, -0.25) is 4.79 Å². The Hall–Kier alpha value is -1.82. The van der Waals surface area contributed by atoms with Gasteiger partial charge in [0.1, 0.15) is 0 Å². The highest BCUT2D eigenvalue weighted by molar-refractivity contribution is 5.95. The van der Waals surface area contributed by atoms with Crippen molar-refractivity contribution < 1.29 is 19.4 Å². The van der Waals surface area contributed by atoms with Crippen LogP contribution < -0.4 is 10.1 Å². The molecule has 118 valence electrons. The molecule has 6 nitrogen and oxygen atoms in total. The number of methoxy groups -OCH3 is 1. The van der Waals surface area contributed by atoms with Crippen molar-refractivity contribution in [2.45, 2.75) is 18.9 Å². The van der Waals surface area contributed by atoms with Crippen LogP contribution in [0.1, 0.15) is 23.3 Å². The van der Waals surface area contributed by atoms with E-state index in [1.165, 1.54) is 25.8 Å². The molecule has 2 heterocycles. The number of aromatic hydroxyl groups is 1. The number of hydrogen-bond donors (Lipinski definition) is 2. The third-order valence-corrected chi connectivity index (χ3v) is 5.61. The molecule has 3 aliphatic rings. The molecule has 3 fully saturated rings. The number of rotatable bonds is 3. The van der Waals surface area contributed by atoms with Crippen LogP contribution >= 0.6 is 0 Å². The predicted molar refractivity (Wildman–Crippen MR) is 77.7 cm³/mol. The van der Waals surface area contributed by atoms with Crippen LogP contribution in [0.5, 0.6) is 11.5 Å². The number of hydrogen-bond acceptors (Lipinski definition) is 5. The van der Waals surface area contributed by atoms with E-state index in [-0.39, 0.29) is 29.1 Å². The zero-order chi connectivity index (χ0) is 15.3. The Kier molecular flexibility index (Phi) is 3.22. The fourth-order valence-corrected chi connectivity index (χ4v) is 4.62. The summed E-state index contributed by atoms with van der Waals surface area (Å²) in [6.45, 7) is 1.70. The average molecular weight is 304 g/mol. The number of carbonyl (C=O) groups excluding carboxylic acids is 1. The second-order valence-electron chi connectivity index (χ2n) is 6.55. The van der Waals surface area contributed by atoms with Gasteiger partial charge in [-0.05, 0) is 36.5 Å². The van der Waals surface area contributed by atoms with Gasteiger partial charge in [-0.2, -0.15) is 0 Å². The average Bonchev–Trinajstić information content (AvgIpc) is 3.19. The van der Waals surface area contributed by atoms with Crippen LogP contribution in [0.15, 0.2) is 12.3 Å². The van der Waals surface area contributed by atoms with Crippen LogP contribution in [0.25, 0.3) is 0 Å². The summed E-state index contributed by atoms with van der Waals surface area (Å²) < 4.78 is 10.6. The van der Waals surface area contributed by atoms with Gasteiger partial charge in [-0.25, -0.2) is 4.98 Å². The van der Waals surface area contributed by atoms with Crippen molar-refractivity contribution in [1.82, 2.24) is 10.3 Å². The molecule has 6 heteroatoms. The van der Waals surface area contributed by atoms with Gasteiger partial charge in [0.2, 0.25) is 0 Å². The lowest BCUT2D eigenvalue weighted by atomic mass is 9.79. The molecule has 2 N–H and O–H groups in total. The number of ether oxygens (including phenoxy) is 2. The van der Waals surface area contributed by atoms with Crippen LogP contribution in [0.2, 0.25) is 0 Å². The summed E-state index contributed by atoms with van der Waals surface area (Å²) in [5.41, 5.74) is 0.0290. The number of nitrogens with one attached hydrogen (secondary N) is 1. The van der Waals surface area contributed by atoms with Gasteiger partial charge in [-0.15, -0.1) is 0 Å². The van der Waals surface area contributed by atoms with E-state index in [4.69, 9.17) is 9.47 Å². The molecule has 1 saturated heterocycles. The highest BCUT2D eigenvalue weighted by Gasteiger charge is 2.55. The molecular weight excluding hydrogens is 284 g/mol. The Morgan fingerprint density at radius 2 is 2.18 bits per heavy atom. The van der Waals surface area contributed by atoms with Crippen LogP contribution in [0.4, 0.5) is 0 Å². The number of aromatic nitrogens is 1. The molecule has 2 aliphatic carbocycles. The van der Waals surface area contributed by atoms with E-state index >= 15 is 0 Å². The minimum absolute atomic E-state index is 0.0290. The van der Waals surface area contributed by atoms with Crippen molar-refractivity contribution in [3.63, 3.8) is 0 Å². The molecule has 3 unspecified atom stereocenters. The third kappa shape index (κ3) is 1.97. The van der Waals surface area contributed by atoms with Crippen molar-refractivity contribution in [2.75, 3.05) is 20.3 Å². The quantitative estimate of drug-likeness (QED) is 0.877. The van der Waals surface area contributed by atoms with Crippen molar-refractivity contribution in [3.8, 4) is 11.5 Å². The molecule has 22 heavy (non-hydrogen) atoms. The summed E-state index contributed by atoms with van der Waals surface area (Å²) in [6, 6.07) is 1.69. The topological polar surface area (TPSA) is 80.7 Å². The molecule has 4 rings (SSSR count). The maximum Gasteiger partial charge on any atom is 0.274 e. The van der Waals surface area contributed by atoms with Gasteiger partial charge >= 0.3 is 0 Å². The van der Waals surface area contributed by atoms with Crippen molar-refractivity contribution >= 4 is 5.91 Å². The van der Waals surface area contributed by atoms with Gasteiger partial charge in [0.25, 0.3) is 5.91 Å². The number of pyridine rings is 1. The Morgan fingerprint density at radius 3 is 3.00 bits per heavy atom. The predicted octanol–water partition coefficient (Wildman–Crippen LogP) is 1.20. The highest BCUT2D eigenvalue weighted by atomic mass is 16.5. The lowest BCUT2D eigenvalue weighted by molar-refractivity contribution is 0.0894. The van der Waals surface area contributed by atoms with E-state index in [1.54, 1.807) is 0 Å². The first-order valence-corrected chi connectivity index (χ1v) is 7.79. The summed E-state index contributed by atoms with van der Waals surface area (Å²) in [4.78, 5) is 16.4. The van der Waals surface area contributed by atoms with Crippen molar-refractivity contribution in [3.05, 3.63) is 18.0 Å². The van der Waals surface area contributed by atoms with E-state index < -0.39 is 0 Å². The summed E-state index contributed by atoms with van der Waals surface area (Å²) in [5.74, 6) is 2.15. The zero-order valence-corrected chi connectivity index (χ0v) is 12.5. The van der Waals surface area contributed by atoms with Gasteiger partial charge < -0.3 is 19.9 Å². The highest BCUT2D eigenvalue weighted by Crippen LogP contribution is 2.54. The van der Waals surface area contributed by atoms with Gasteiger partial charge in [0.05, 0.1) is 20.3 Å². The molecule has 0 spiro atoms. The molecule has 2 saturated carbocycles. The van der Waals surface area contributed by atoms with E-state index in [0.29, 0.717) is 23.7 Å². The minimum Gasteiger partial charge on any atom is -0.503 e. The second kappa shape index (κ2) is 5.12. The fourth-order valence-electron chi connectivity index (χ4n) is 4.62. The van der Waals surface area contributed by atoms with Gasteiger partial charge in [-0.1, -0.05) is 0 Å². The summed E-state index contributed by atoms with van der Waals surface area (Å²) in [6.07, 6.45) is 3.65. The van der Waals surface area contributed by atoms with Crippen molar-refractivity contribution in [1.29, 1.82) is 0 Å². The SMILES string of the molecule is COc1ccnc(C(=O)NC2CC3CC2[C@H]2COC[C@@H]32)c1O. The number of amides is 1. The standard InChI is InChI=1S/C16H20N2O4/c1-21-13-2-3-17-14(15(13)19)16(20)18-12-5-8-4-9(12)11-7-22-6-10(8)11/h2-3,8-12,19H,4-7H2,1H3,(H,18,20)/t8?,9?,10-,11+,12?/m0/s1. The molecule has 1 aromatic rings. The smallest absolute Gasteiger partial charge is 0.274 e. The first-order valence-electron chi connectivity index (χ1n) is 7.79. The molecule has 2 bridgehead atoms. The molecule has 0 aromatic carbocycles. The molecule has 1 amide bonds. The maximum atomic E-state index is 12.4. The lowest BCUT2D eigenvalue weighted by Gasteiger charge is -2.30. The number of nitrogens with zero attached hydrogens (tertiary/aromatic N) is 1. The zero-order valence-electron chi connectivity index (χ0n) is 12.5. The van der Waals surface area contributed by atoms with Crippen LogP contribution in [0.3, 0.4) is 0 Å². The largest absolute Gasteiger partial charge is 0.503 e. The van der Waals surface area contributed by atoms with E-state index in [9.17, 15) is 9.90 Å². The van der Waals surface area contributed by atoms with Crippen LogP contribution in [-0.2, 0) is 4.74 Å². The number of fused-ring (bicyclic) bond motifs is 5. The summed E-state index contributed by atoms with van der Waals surface area (Å²) >= 11 is 0. The normalized spacial score (nSPS) is 35.4. The van der Waals surface area contributed by atoms with Crippen LogP contribution in [0, 0.1) is 23.7 Å². The fraction of sp³-hybridized carbons (Fsp3) is 0.625. The molecular formula is C16H20N2O4. The lowest BCUT2D eigenvalue weighted by Crippen LogP contribution is -2.43. The molecule has 1 aliphatic heterocycles. The Labute approximate surface area is 128 Å². The summed E-state index contributed by atoms with van der Waals surface area (Å²) in [5, 5.41) is 13.1. The van der Waals surface area contributed by atoms with Gasteiger partial charge in [0, 0.05) is 18.3 Å². The summed E-state index contributed by atoms with van der Waals surface area (Å²) in [7, 11) is 1.45. The van der Waals surface area contributed by atoms with Crippen molar-refractivity contribution in [2.24, 2.45) is 23.7 Å². The van der Waals surface area contributed by atoms with E-state index in [2.05, 4.69) is 10.3 Å². The first-order chi connectivity index (χ1) is 10.7. The van der Waals surface area contributed by atoms with Gasteiger partial charge in [0.15, 0.2) is 17.2 Å². The number of carbonyl (C=O) groups is 1. The third-order valence-electron chi connectivity index (χ3n) is 5.61. The monoisotopic (exact) mass is 304 g/mol.